The van der Waals surface area contributed by atoms with Crippen molar-refractivity contribution in [3.05, 3.63) is 34.9 Å². The van der Waals surface area contributed by atoms with Crippen molar-refractivity contribution >= 4 is 12.0 Å². The molecule has 3 rings (SSSR count). The zero-order valence-corrected chi connectivity index (χ0v) is 14.9. The monoisotopic (exact) mass is 341 g/mol. The van der Waals surface area contributed by atoms with E-state index in [9.17, 15) is 14.9 Å². The number of carbonyl (C=O) groups excluding carboxylic acids is 2. The second-order valence-corrected chi connectivity index (χ2v) is 7.58. The van der Waals surface area contributed by atoms with E-state index in [4.69, 9.17) is 4.74 Å². The fourth-order valence-electron chi connectivity index (χ4n) is 3.46. The van der Waals surface area contributed by atoms with Gasteiger partial charge < -0.3 is 9.64 Å². The third-order valence-corrected chi connectivity index (χ3v) is 4.58. The second-order valence-electron chi connectivity index (χ2n) is 7.58. The highest BCUT2D eigenvalue weighted by atomic mass is 16.6. The summed E-state index contributed by atoms with van der Waals surface area (Å²) >= 11 is 0. The lowest BCUT2D eigenvalue weighted by atomic mass is 10.1. The van der Waals surface area contributed by atoms with Crippen LogP contribution in [0, 0.1) is 11.3 Å². The van der Waals surface area contributed by atoms with Gasteiger partial charge in [0.05, 0.1) is 11.6 Å². The van der Waals surface area contributed by atoms with Crippen LogP contribution in [0.2, 0.25) is 0 Å². The average molecular weight is 341 g/mol. The molecule has 1 unspecified atom stereocenters. The third kappa shape index (κ3) is 3.46. The Morgan fingerprint density at radius 2 is 2.04 bits per heavy atom. The number of hydrogen-bond donors (Lipinski definition) is 0. The predicted molar refractivity (Wildman–Crippen MR) is 91.4 cm³/mol. The zero-order chi connectivity index (χ0) is 18.2. The van der Waals surface area contributed by atoms with Crippen LogP contribution in [0.25, 0.3) is 0 Å². The number of nitriles is 1. The molecule has 0 radical (unpaired) electrons. The number of amides is 2. The van der Waals surface area contributed by atoms with Crippen LogP contribution in [-0.2, 0) is 22.6 Å². The molecule has 132 valence electrons. The summed E-state index contributed by atoms with van der Waals surface area (Å²) < 4.78 is 5.44. The van der Waals surface area contributed by atoms with E-state index in [1.54, 1.807) is 15.9 Å². The molecule has 0 bridgehead atoms. The molecule has 2 aliphatic heterocycles. The van der Waals surface area contributed by atoms with Crippen LogP contribution in [0.5, 0.6) is 0 Å². The minimum Gasteiger partial charge on any atom is -0.444 e. The highest BCUT2D eigenvalue weighted by molar-refractivity contribution is 5.87. The van der Waals surface area contributed by atoms with Crippen molar-refractivity contribution in [3.8, 4) is 6.07 Å². The van der Waals surface area contributed by atoms with E-state index >= 15 is 0 Å². The smallest absolute Gasteiger partial charge is 0.410 e. The van der Waals surface area contributed by atoms with Gasteiger partial charge in [-0.15, -0.1) is 0 Å². The lowest BCUT2D eigenvalue weighted by molar-refractivity contribution is -0.136. The summed E-state index contributed by atoms with van der Waals surface area (Å²) in [5.74, 6) is -0.0663. The normalized spacial score (nSPS) is 19.5. The van der Waals surface area contributed by atoms with Crippen LogP contribution in [0.3, 0.4) is 0 Å². The molecule has 6 nitrogen and oxygen atoms in total. The van der Waals surface area contributed by atoms with Crippen LogP contribution in [0.1, 0.15) is 50.3 Å². The first kappa shape index (κ1) is 17.3. The van der Waals surface area contributed by atoms with Gasteiger partial charge in [-0.05, 0) is 50.8 Å². The molecule has 0 aliphatic carbocycles. The minimum absolute atomic E-state index is 0.0663. The Kier molecular flexibility index (Phi) is 4.42. The first-order valence-corrected chi connectivity index (χ1v) is 8.59. The first-order chi connectivity index (χ1) is 11.8. The predicted octanol–water partition coefficient (Wildman–Crippen LogP) is 2.80. The molecule has 2 amide bonds. The zero-order valence-electron chi connectivity index (χ0n) is 14.9. The molecule has 1 atom stereocenters. The standard InChI is InChI=1S/C19H23N3O3/c1-19(2,3)25-18(24)22-9-5-8-16(22)17(23)21-11-14-7-4-6-13(10-20)15(14)12-21/h4,6-7,16H,5,8-9,11-12H2,1-3H3. The number of nitrogens with zero attached hydrogens (tertiary/aromatic N) is 3. The Morgan fingerprint density at radius 3 is 2.72 bits per heavy atom. The van der Waals surface area contributed by atoms with E-state index in [1.807, 2.05) is 32.9 Å². The van der Waals surface area contributed by atoms with Gasteiger partial charge in [-0.3, -0.25) is 9.69 Å². The summed E-state index contributed by atoms with van der Waals surface area (Å²) in [6.07, 6.45) is 1.01. The van der Waals surface area contributed by atoms with Crippen molar-refractivity contribution in [1.82, 2.24) is 9.80 Å². The third-order valence-electron chi connectivity index (χ3n) is 4.58. The largest absolute Gasteiger partial charge is 0.444 e. The summed E-state index contributed by atoms with van der Waals surface area (Å²) in [5.41, 5.74) is 1.95. The molecule has 0 N–H and O–H groups in total. The van der Waals surface area contributed by atoms with Gasteiger partial charge in [-0.2, -0.15) is 5.26 Å². The van der Waals surface area contributed by atoms with Gasteiger partial charge in [-0.1, -0.05) is 12.1 Å². The summed E-state index contributed by atoms with van der Waals surface area (Å²) in [5, 5.41) is 9.24. The number of hydrogen-bond acceptors (Lipinski definition) is 4. The molecule has 0 aromatic heterocycles. The Morgan fingerprint density at radius 1 is 1.28 bits per heavy atom. The van der Waals surface area contributed by atoms with Gasteiger partial charge in [0.25, 0.3) is 0 Å². The van der Waals surface area contributed by atoms with Gasteiger partial charge in [0, 0.05) is 19.6 Å². The van der Waals surface area contributed by atoms with Crippen molar-refractivity contribution in [2.75, 3.05) is 6.54 Å². The van der Waals surface area contributed by atoms with Crippen LogP contribution in [-0.4, -0.2) is 40.0 Å². The number of fused-ring (bicyclic) bond motifs is 1. The molecule has 0 saturated carbocycles. The van der Waals surface area contributed by atoms with E-state index in [0.29, 0.717) is 31.6 Å². The maximum absolute atomic E-state index is 13.0. The molecule has 1 aromatic rings. The van der Waals surface area contributed by atoms with Crippen molar-refractivity contribution in [2.24, 2.45) is 0 Å². The summed E-state index contributed by atoms with van der Waals surface area (Å²) in [6.45, 7) is 6.91. The van der Waals surface area contributed by atoms with E-state index < -0.39 is 17.7 Å². The fraction of sp³-hybridized carbons (Fsp3) is 0.526. The van der Waals surface area contributed by atoms with Gasteiger partial charge in [-0.25, -0.2) is 4.79 Å². The Hall–Kier alpha value is -2.55. The number of likely N-dealkylation sites (tertiary alicyclic amines) is 1. The Bertz CT molecular complexity index is 745. The molecule has 0 spiro atoms. The van der Waals surface area contributed by atoms with Crippen molar-refractivity contribution < 1.29 is 14.3 Å². The van der Waals surface area contributed by atoms with Crippen LogP contribution in [0.4, 0.5) is 4.79 Å². The van der Waals surface area contributed by atoms with Crippen LogP contribution < -0.4 is 0 Å². The molecule has 6 heteroatoms. The molecular weight excluding hydrogens is 318 g/mol. The first-order valence-electron chi connectivity index (χ1n) is 8.59. The number of rotatable bonds is 1. The topological polar surface area (TPSA) is 73.6 Å². The van der Waals surface area contributed by atoms with Gasteiger partial charge in [0.15, 0.2) is 0 Å². The Balaban J connectivity index is 1.73. The molecule has 2 aliphatic rings. The SMILES string of the molecule is CC(C)(C)OC(=O)N1CCCC1C(=O)N1Cc2cccc(C#N)c2C1. The van der Waals surface area contributed by atoms with Crippen molar-refractivity contribution in [2.45, 2.75) is 58.3 Å². The van der Waals surface area contributed by atoms with Gasteiger partial charge in [0.1, 0.15) is 11.6 Å². The van der Waals surface area contributed by atoms with Crippen LogP contribution in [0.15, 0.2) is 18.2 Å². The molecular formula is C19H23N3O3. The lowest BCUT2D eigenvalue weighted by Gasteiger charge is -2.30. The number of benzene rings is 1. The molecule has 1 aromatic carbocycles. The summed E-state index contributed by atoms with van der Waals surface area (Å²) in [6, 6.07) is 7.27. The number of ether oxygens (including phenoxy) is 1. The van der Waals surface area contributed by atoms with Crippen molar-refractivity contribution in [1.29, 1.82) is 5.26 Å². The number of carbonyl (C=O) groups is 2. The van der Waals surface area contributed by atoms with Gasteiger partial charge >= 0.3 is 6.09 Å². The summed E-state index contributed by atoms with van der Waals surface area (Å²) in [4.78, 5) is 28.7. The quantitative estimate of drug-likeness (QED) is 0.787. The van der Waals surface area contributed by atoms with Crippen molar-refractivity contribution in [3.63, 3.8) is 0 Å². The van der Waals surface area contributed by atoms with Gasteiger partial charge in [0.2, 0.25) is 5.91 Å². The van der Waals surface area contributed by atoms with E-state index in [-0.39, 0.29) is 5.91 Å². The molecule has 1 fully saturated rings. The highest BCUT2D eigenvalue weighted by Gasteiger charge is 2.40. The fourth-order valence-corrected chi connectivity index (χ4v) is 3.46. The Labute approximate surface area is 148 Å². The molecule has 1 saturated heterocycles. The maximum atomic E-state index is 13.0. The van der Waals surface area contributed by atoms with Crippen LogP contribution >= 0.6 is 0 Å². The minimum atomic E-state index is -0.584. The van der Waals surface area contributed by atoms with E-state index in [0.717, 1.165) is 17.5 Å². The lowest BCUT2D eigenvalue weighted by Crippen LogP contribution is -2.47. The van der Waals surface area contributed by atoms with E-state index in [1.165, 1.54) is 0 Å². The highest BCUT2D eigenvalue weighted by Crippen LogP contribution is 2.29. The molecule has 2 heterocycles. The van der Waals surface area contributed by atoms with E-state index in [2.05, 4.69) is 6.07 Å². The second kappa shape index (κ2) is 6.40. The maximum Gasteiger partial charge on any atom is 0.410 e. The summed E-state index contributed by atoms with van der Waals surface area (Å²) in [7, 11) is 0. The average Bonchev–Trinajstić information content (AvgIpc) is 3.18. The molecule has 25 heavy (non-hydrogen) atoms.